The molecule has 0 amide bonds. The average Bonchev–Trinajstić information content (AvgIpc) is 2.93. The lowest BCUT2D eigenvalue weighted by atomic mass is 9.79. The predicted octanol–water partition coefficient (Wildman–Crippen LogP) is 9.54. The summed E-state index contributed by atoms with van der Waals surface area (Å²) in [6.07, 6.45) is 5.91. The number of carboxylic acids is 1. The highest BCUT2D eigenvalue weighted by atomic mass is 32.2. The van der Waals surface area contributed by atoms with E-state index in [9.17, 15) is 15.0 Å². The molecule has 0 aliphatic rings. The third-order valence-electron chi connectivity index (χ3n) is 7.99. The quantitative estimate of drug-likeness (QED) is 0.183. The average molecular weight is 589 g/mol. The Labute approximate surface area is 256 Å². The predicted molar refractivity (Wildman–Crippen MR) is 178 cm³/mol. The van der Waals surface area contributed by atoms with Crippen LogP contribution in [0, 0.1) is 5.41 Å². The van der Waals surface area contributed by atoms with Crippen LogP contribution in [0.2, 0.25) is 0 Å². The fourth-order valence-corrected chi connectivity index (χ4v) is 5.93. The smallest absolute Gasteiger partial charge is 0.309 e. The van der Waals surface area contributed by atoms with E-state index in [4.69, 9.17) is 4.98 Å². The summed E-state index contributed by atoms with van der Waals surface area (Å²) in [4.78, 5) is 17.8. The van der Waals surface area contributed by atoms with Gasteiger partial charge in [0.25, 0.3) is 0 Å². The molecule has 0 fully saturated rings. The van der Waals surface area contributed by atoms with Gasteiger partial charge in [0.15, 0.2) is 0 Å². The molecule has 6 heteroatoms. The Kier molecular flexibility index (Phi) is 10.9. The van der Waals surface area contributed by atoms with Crippen LogP contribution in [-0.2, 0) is 21.4 Å². The van der Waals surface area contributed by atoms with Crippen molar-refractivity contribution >= 4 is 35.6 Å². The van der Waals surface area contributed by atoms with Gasteiger partial charge in [-0.25, -0.2) is 0 Å². The van der Waals surface area contributed by atoms with Crippen LogP contribution in [0.25, 0.3) is 12.2 Å². The third-order valence-corrected chi connectivity index (χ3v) is 9.00. The second kappa shape index (κ2) is 13.8. The van der Waals surface area contributed by atoms with Crippen molar-refractivity contribution in [2.24, 2.45) is 5.41 Å². The number of nitrogens with zero attached hydrogens (tertiary/aromatic N) is 1. The van der Waals surface area contributed by atoms with Crippen molar-refractivity contribution in [2.45, 2.75) is 96.1 Å². The fourth-order valence-electron chi connectivity index (χ4n) is 5.06. The van der Waals surface area contributed by atoms with E-state index >= 15 is 0 Å². The van der Waals surface area contributed by atoms with Crippen molar-refractivity contribution in [1.82, 2.24) is 4.98 Å². The van der Waals surface area contributed by atoms with Gasteiger partial charge in [-0.15, -0.1) is 11.8 Å². The Morgan fingerprint density at radius 1 is 0.905 bits per heavy atom. The van der Waals surface area contributed by atoms with Crippen LogP contribution in [0.3, 0.4) is 0 Å². The molecule has 1 aromatic heterocycles. The molecule has 5 nitrogen and oxygen atoms in total. The number of phenolic OH excluding ortho intramolecular Hbond substituents is 1. The summed E-state index contributed by atoms with van der Waals surface area (Å²) in [6, 6.07) is 18.5. The number of nitrogens with one attached hydrogen (secondary N) is 1. The number of hydrogen-bond donors (Lipinski definition) is 3. The van der Waals surface area contributed by atoms with Crippen molar-refractivity contribution in [2.75, 3.05) is 11.9 Å². The molecule has 1 heterocycles. The number of aliphatic carboxylic acids is 1. The molecule has 3 N–H and O–H groups in total. The number of pyridine rings is 1. The maximum Gasteiger partial charge on any atom is 0.309 e. The Hall–Kier alpha value is -3.25. The second-order valence-corrected chi connectivity index (χ2v) is 14.2. The highest BCUT2D eigenvalue weighted by Gasteiger charge is 2.34. The molecule has 42 heavy (non-hydrogen) atoms. The van der Waals surface area contributed by atoms with Gasteiger partial charge >= 0.3 is 5.97 Å². The number of aromatic hydroxyl groups is 1. The molecule has 0 bridgehead atoms. The molecule has 3 rings (SSSR count). The summed E-state index contributed by atoms with van der Waals surface area (Å²) < 4.78 is 0. The Morgan fingerprint density at radius 3 is 2.10 bits per heavy atom. The van der Waals surface area contributed by atoms with Crippen molar-refractivity contribution in [3.63, 3.8) is 0 Å². The summed E-state index contributed by atoms with van der Waals surface area (Å²) in [5.74, 6) is 0.414. The number of anilines is 1. The first-order valence-corrected chi connectivity index (χ1v) is 15.9. The van der Waals surface area contributed by atoms with Crippen LogP contribution in [0.1, 0.15) is 103 Å². The number of thioether (sulfide) groups is 1. The Bertz CT molecular complexity index is 1360. The first-order chi connectivity index (χ1) is 19.7. The molecule has 0 radical (unpaired) electrons. The van der Waals surface area contributed by atoms with Gasteiger partial charge in [-0.2, -0.15) is 0 Å². The third kappa shape index (κ3) is 8.64. The summed E-state index contributed by atoms with van der Waals surface area (Å²) in [6.45, 7) is 17.3. The largest absolute Gasteiger partial charge is 0.507 e. The number of carbonyl (C=O) groups is 1. The summed E-state index contributed by atoms with van der Waals surface area (Å²) in [7, 11) is 0. The molecule has 0 aliphatic heterocycles. The number of rotatable bonds is 12. The first-order valence-electron chi connectivity index (χ1n) is 14.9. The topological polar surface area (TPSA) is 82.5 Å². The number of phenols is 1. The van der Waals surface area contributed by atoms with Crippen molar-refractivity contribution in [3.05, 3.63) is 82.7 Å². The monoisotopic (exact) mass is 588 g/mol. The minimum absolute atomic E-state index is 0.162. The van der Waals surface area contributed by atoms with Gasteiger partial charge in [0.1, 0.15) is 5.75 Å². The van der Waals surface area contributed by atoms with E-state index in [1.54, 1.807) is 11.8 Å². The molecule has 3 aromatic rings. The summed E-state index contributed by atoms with van der Waals surface area (Å²) >= 11 is 1.74. The van der Waals surface area contributed by atoms with Crippen molar-refractivity contribution in [3.8, 4) is 5.75 Å². The second-order valence-electron chi connectivity index (χ2n) is 13.1. The van der Waals surface area contributed by atoms with Crippen LogP contribution < -0.4 is 5.32 Å². The minimum Gasteiger partial charge on any atom is -0.507 e. The van der Waals surface area contributed by atoms with E-state index < -0.39 is 11.4 Å². The van der Waals surface area contributed by atoms with E-state index in [0.717, 1.165) is 44.4 Å². The molecule has 0 saturated carbocycles. The molecular formula is C36H48N2O3S. The normalized spacial score (nSPS) is 12.6. The van der Waals surface area contributed by atoms with Gasteiger partial charge in [0.2, 0.25) is 0 Å². The van der Waals surface area contributed by atoms with Gasteiger partial charge < -0.3 is 15.5 Å². The molecule has 0 saturated heterocycles. The van der Waals surface area contributed by atoms with Gasteiger partial charge in [0, 0.05) is 34.0 Å². The molecule has 0 unspecified atom stereocenters. The first kappa shape index (κ1) is 33.3. The highest BCUT2D eigenvalue weighted by molar-refractivity contribution is 7.98. The standard InChI is InChI=1S/C36H48N2O3S/c1-9-36(10-2,33(40)41)19-20-37-27-15-11-13-25(21-27)17-18-26-14-12-16-28(38-26)24-42-29-22-30(34(3,4)5)32(39)31(23-29)35(6,7)8/h11-18,21-23,37,39H,9-10,19-20,24H2,1-8H3,(H,40,41). The lowest BCUT2D eigenvalue weighted by molar-refractivity contribution is -0.149. The van der Waals surface area contributed by atoms with Gasteiger partial charge in [-0.3, -0.25) is 9.78 Å². The van der Waals surface area contributed by atoms with E-state index in [1.807, 2.05) is 56.3 Å². The van der Waals surface area contributed by atoms with Crippen molar-refractivity contribution < 1.29 is 15.0 Å². The minimum atomic E-state index is -0.716. The van der Waals surface area contributed by atoms with Gasteiger partial charge in [-0.05, 0) is 78.1 Å². The number of aromatic nitrogens is 1. The molecule has 226 valence electrons. The number of carboxylic acid groups (broad SMARTS) is 1. The van der Waals surface area contributed by atoms with E-state index in [0.29, 0.717) is 31.6 Å². The van der Waals surface area contributed by atoms with E-state index in [2.05, 4.69) is 71.1 Å². The van der Waals surface area contributed by atoms with Crippen LogP contribution in [0.5, 0.6) is 5.75 Å². The number of hydrogen-bond acceptors (Lipinski definition) is 5. The molecular weight excluding hydrogens is 540 g/mol. The zero-order chi connectivity index (χ0) is 31.1. The zero-order valence-corrected chi connectivity index (χ0v) is 27.4. The fraction of sp³-hybridized carbons (Fsp3) is 0.444. The maximum absolute atomic E-state index is 11.8. The van der Waals surface area contributed by atoms with E-state index in [1.165, 1.54) is 0 Å². The zero-order valence-electron chi connectivity index (χ0n) is 26.5. The van der Waals surface area contributed by atoms with Crippen LogP contribution in [0.15, 0.2) is 59.5 Å². The molecule has 2 aromatic carbocycles. The Balaban J connectivity index is 1.69. The van der Waals surface area contributed by atoms with Crippen molar-refractivity contribution in [1.29, 1.82) is 0 Å². The van der Waals surface area contributed by atoms with Crippen LogP contribution >= 0.6 is 11.8 Å². The summed E-state index contributed by atoms with van der Waals surface area (Å²) in [5.41, 5.74) is 4.84. The van der Waals surface area contributed by atoms with Crippen LogP contribution in [-0.4, -0.2) is 27.7 Å². The lowest BCUT2D eigenvalue weighted by Crippen LogP contribution is -2.31. The Morgan fingerprint density at radius 2 is 1.52 bits per heavy atom. The van der Waals surface area contributed by atoms with Gasteiger partial charge in [-0.1, -0.05) is 79.7 Å². The van der Waals surface area contributed by atoms with E-state index in [-0.39, 0.29) is 10.8 Å². The molecule has 0 spiro atoms. The van der Waals surface area contributed by atoms with Crippen LogP contribution in [0.4, 0.5) is 5.69 Å². The summed E-state index contributed by atoms with van der Waals surface area (Å²) in [5, 5.41) is 24.1. The molecule has 0 aliphatic carbocycles. The highest BCUT2D eigenvalue weighted by Crippen LogP contribution is 2.42. The van der Waals surface area contributed by atoms with Gasteiger partial charge in [0.05, 0.1) is 16.8 Å². The molecule has 0 atom stereocenters. The lowest BCUT2D eigenvalue weighted by Gasteiger charge is -2.28. The number of benzene rings is 2. The maximum atomic E-state index is 11.8. The SMILES string of the molecule is CCC(CC)(CCNc1cccc(C=Cc2cccc(CSc3cc(C(C)(C)C)c(O)c(C(C)(C)C)c3)n2)c1)C(=O)O.